The van der Waals surface area contributed by atoms with Gasteiger partial charge in [0.05, 0.1) is 5.02 Å². The highest BCUT2D eigenvalue weighted by Gasteiger charge is 2.08. The normalized spacial score (nSPS) is 12.3. The molecule has 117 valence electrons. The molecule has 0 saturated heterocycles. The molecule has 0 aliphatic heterocycles. The Morgan fingerprint density at radius 3 is 3.04 bits per heavy atom. The molecule has 1 heterocycles. The van der Waals surface area contributed by atoms with Crippen molar-refractivity contribution in [1.29, 1.82) is 0 Å². The molecule has 3 rings (SSSR count). The molecule has 0 saturated carbocycles. The number of fused-ring (bicyclic) bond motifs is 1. The van der Waals surface area contributed by atoms with Crippen molar-refractivity contribution in [1.82, 2.24) is 4.98 Å². The van der Waals surface area contributed by atoms with Gasteiger partial charge in [0, 0.05) is 17.8 Å². The van der Waals surface area contributed by atoms with Crippen molar-refractivity contribution in [3.8, 4) is 0 Å². The number of allylic oxidation sites excluding steroid dienone is 3. The lowest BCUT2D eigenvalue weighted by Crippen LogP contribution is -2.25. The maximum atomic E-state index is 13.1. The van der Waals surface area contributed by atoms with Gasteiger partial charge in [0.1, 0.15) is 16.9 Å². The summed E-state index contributed by atoms with van der Waals surface area (Å²) in [7, 11) is 1.82. The first-order valence-electron chi connectivity index (χ1n) is 7.51. The molecule has 1 radical (unpaired) electrons. The molecule has 2 nitrogen and oxygen atoms in total. The molecule has 1 aromatic heterocycles. The first kappa shape index (κ1) is 16.4. The van der Waals surface area contributed by atoms with Crippen LogP contribution in [-0.2, 0) is 11.2 Å². The molecule has 0 amide bonds. The van der Waals surface area contributed by atoms with Crippen LogP contribution in [0, 0.1) is 5.82 Å². The number of hydrogen-bond donors (Lipinski definition) is 0. The average molecular weight is 337 g/mol. The van der Waals surface area contributed by atoms with Crippen LogP contribution in [-0.4, -0.2) is 18.0 Å². The summed E-state index contributed by atoms with van der Waals surface area (Å²) < 4.78 is 13.1. The Kier molecular flexibility index (Phi) is 5.09. The van der Waals surface area contributed by atoms with Crippen LogP contribution in [0.4, 0.5) is 4.39 Å². The van der Waals surface area contributed by atoms with E-state index in [1.807, 2.05) is 37.6 Å². The summed E-state index contributed by atoms with van der Waals surface area (Å²) in [6.45, 7) is 0. The first-order valence-corrected chi connectivity index (χ1v) is 7.89. The van der Waals surface area contributed by atoms with Gasteiger partial charge >= 0.3 is 0 Å². The number of carbonyl (C=O) groups excluding carboxylic acids is 1. The van der Waals surface area contributed by atoms with Crippen LogP contribution >= 0.6 is 11.6 Å². The Morgan fingerprint density at radius 2 is 2.21 bits per heavy atom. The fourth-order valence-electron chi connectivity index (χ4n) is 2.38. The standard InChI is InChI=1S/C19H13BClFNO/c21-17-10-13(6-7-18(17)22)9-16(24)12-20-15-5-1-3-14-4-2-8-23-19(14)11-15/h1-8,10H,9,12H2. The Labute approximate surface area is 144 Å². The predicted molar refractivity (Wildman–Crippen MR) is 94.7 cm³/mol. The summed E-state index contributed by atoms with van der Waals surface area (Å²) in [5, 5.41) is 1.78. The number of pyridine rings is 1. The van der Waals surface area contributed by atoms with E-state index in [0.717, 1.165) is 16.0 Å². The van der Waals surface area contributed by atoms with E-state index in [0.29, 0.717) is 5.56 Å². The SMILES string of the molecule is O=C(C[B]C1=C=c2ncccc2=CC=C1)Cc1ccc(F)c(Cl)c1. The van der Waals surface area contributed by atoms with E-state index in [1.54, 1.807) is 12.3 Å². The molecule has 5 heteroatoms. The van der Waals surface area contributed by atoms with Crippen LogP contribution in [0.3, 0.4) is 0 Å². The molecule has 0 spiro atoms. The van der Waals surface area contributed by atoms with Crippen molar-refractivity contribution < 1.29 is 9.18 Å². The summed E-state index contributed by atoms with van der Waals surface area (Å²) in [5.74, 6) is -0.458. The number of hydrogen-bond acceptors (Lipinski definition) is 2. The number of carbonyl (C=O) groups is 1. The smallest absolute Gasteiger partial charge is 0.171 e. The molecule has 24 heavy (non-hydrogen) atoms. The number of Topliss-reactive ketones (excluding diaryl/α,β-unsaturated/α-hetero) is 1. The molecular weight excluding hydrogens is 323 g/mol. The van der Waals surface area contributed by atoms with Gasteiger partial charge < -0.3 is 4.79 Å². The van der Waals surface area contributed by atoms with Gasteiger partial charge in [0.15, 0.2) is 7.28 Å². The second-order valence-corrected chi connectivity index (χ2v) is 5.83. The topological polar surface area (TPSA) is 30.0 Å². The molecule has 1 aromatic carbocycles. The van der Waals surface area contributed by atoms with E-state index in [2.05, 4.69) is 10.7 Å². The van der Waals surface area contributed by atoms with Crippen LogP contribution in [0.25, 0.3) is 11.8 Å². The summed E-state index contributed by atoms with van der Waals surface area (Å²) in [6.07, 6.45) is 7.96. The van der Waals surface area contributed by atoms with Gasteiger partial charge in [-0.05, 0) is 35.6 Å². The van der Waals surface area contributed by atoms with Crippen LogP contribution in [0.2, 0.25) is 11.3 Å². The molecule has 0 bridgehead atoms. The lowest BCUT2D eigenvalue weighted by molar-refractivity contribution is -0.116. The number of aromatic nitrogens is 1. The van der Waals surface area contributed by atoms with Crippen molar-refractivity contribution in [2.24, 2.45) is 0 Å². The quantitative estimate of drug-likeness (QED) is 0.785. The number of benzene rings is 1. The molecule has 1 aliphatic rings. The number of rotatable bonds is 5. The van der Waals surface area contributed by atoms with Gasteiger partial charge in [0.2, 0.25) is 0 Å². The molecular formula is C19H13BClFNO. The third kappa shape index (κ3) is 4.11. The van der Waals surface area contributed by atoms with Gasteiger partial charge in [-0.15, -0.1) is 0 Å². The Morgan fingerprint density at radius 1 is 1.33 bits per heavy atom. The van der Waals surface area contributed by atoms with Crippen molar-refractivity contribution in [3.05, 3.63) is 81.1 Å². The lowest BCUT2D eigenvalue weighted by atomic mass is 9.65. The van der Waals surface area contributed by atoms with E-state index >= 15 is 0 Å². The average Bonchev–Trinajstić information content (AvgIpc) is 2.78. The van der Waals surface area contributed by atoms with Crippen molar-refractivity contribution >= 4 is 36.5 Å². The summed E-state index contributed by atoms with van der Waals surface area (Å²) in [5.41, 5.74) is 4.72. The molecule has 0 unspecified atom stereocenters. The van der Waals surface area contributed by atoms with Crippen molar-refractivity contribution in [2.75, 3.05) is 0 Å². The highest BCUT2D eigenvalue weighted by Crippen LogP contribution is 2.16. The zero-order valence-electron chi connectivity index (χ0n) is 12.8. The monoisotopic (exact) mass is 336 g/mol. The maximum Gasteiger partial charge on any atom is 0.171 e. The van der Waals surface area contributed by atoms with Crippen molar-refractivity contribution in [3.63, 3.8) is 0 Å². The number of ketones is 1. The molecule has 0 N–H and O–H groups in total. The number of nitrogens with zero attached hydrogens (tertiary/aromatic N) is 1. The zero-order valence-corrected chi connectivity index (χ0v) is 13.6. The first-order chi connectivity index (χ1) is 11.6. The highest BCUT2D eigenvalue weighted by molar-refractivity contribution is 6.51. The zero-order chi connectivity index (χ0) is 16.9. The second kappa shape index (κ2) is 7.44. The predicted octanol–water partition coefficient (Wildman–Crippen LogP) is 2.42. The van der Waals surface area contributed by atoms with Crippen molar-refractivity contribution in [2.45, 2.75) is 12.7 Å². The molecule has 1 aliphatic carbocycles. The Balaban J connectivity index is 1.70. The third-order valence-electron chi connectivity index (χ3n) is 3.59. The minimum absolute atomic E-state index is 0.0230. The second-order valence-electron chi connectivity index (χ2n) is 5.42. The summed E-state index contributed by atoms with van der Waals surface area (Å²) in [6, 6.07) is 8.17. The largest absolute Gasteiger partial charge is 0.300 e. The highest BCUT2D eigenvalue weighted by atomic mass is 35.5. The van der Waals surface area contributed by atoms with E-state index in [9.17, 15) is 9.18 Å². The van der Waals surface area contributed by atoms with E-state index < -0.39 is 5.82 Å². The Bertz CT molecular complexity index is 977. The van der Waals surface area contributed by atoms with Gasteiger partial charge in [-0.2, -0.15) is 0 Å². The van der Waals surface area contributed by atoms with E-state index in [-0.39, 0.29) is 23.5 Å². The minimum Gasteiger partial charge on any atom is -0.300 e. The lowest BCUT2D eigenvalue weighted by Gasteiger charge is -2.02. The maximum absolute atomic E-state index is 13.1. The molecule has 2 aromatic rings. The fourth-order valence-corrected chi connectivity index (χ4v) is 2.59. The van der Waals surface area contributed by atoms with Crippen LogP contribution < -0.4 is 10.6 Å². The summed E-state index contributed by atoms with van der Waals surface area (Å²) in [4.78, 5) is 16.4. The van der Waals surface area contributed by atoms with Gasteiger partial charge in [-0.3, -0.25) is 0 Å². The molecule has 0 fully saturated rings. The van der Waals surface area contributed by atoms with Crippen LogP contribution in [0.1, 0.15) is 5.56 Å². The minimum atomic E-state index is -0.481. The van der Waals surface area contributed by atoms with E-state index in [4.69, 9.17) is 11.6 Å². The van der Waals surface area contributed by atoms with E-state index in [1.165, 1.54) is 12.1 Å². The van der Waals surface area contributed by atoms with Gasteiger partial charge in [-0.25, -0.2) is 9.37 Å². The molecule has 0 atom stereocenters. The van der Waals surface area contributed by atoms with Gasteiger partial charge in [0.25, 0.3) is 0 Å². The summed E-state index contributed by atoms with van der Waals surface area (Å²) >= 11 is 5.73. The van der Waals surface area contributed by atoms with Gasteiger partial charge in [-0.1, -0.05) is 47.7 Å². The van der Waals surface area contributed by atoms with Crippen LogP contribution in [0.15, 0.2) is 54.2 Å². The Hall–Kier alpha value is -2.42. The fraction of sp³-hybridized carbons (Fsp3) is 0.105. The number of halogens is 2. The van der Waals surface area contributed by atoms with Crippen LogP contribution in [0.5, 0.6) is 0 Å². The third-order valence-corrected chi connectivity index (χ3v) is 3.88.